The number of aryl methyl sites for hydroxylation is 2. The van der Waals surface area contributed by atoms with Crippen molar-refractivity contribution in [2.75, 3.05) is 13.2 Å². The Kier molecular flexibility index (Phi) is 8.84. The van der Waals surface area contributed by atoms with E-state index in [1.165, 1.54) is 0 Å². The number of esters is 1. The Bertz CT molecular complexity index is 826. The number of nitrogens with zero attached hydrogens (tertiary/aromatic N) is 1. The minimum atomic E-state index is -3.76. The maximum atomic E-state index is 12.7. The summed E-state index contributed by atoms with van der Waals surface area (Å²) in [7, 11) is -3.76. The Labute approximate surface area is 174 Å². The molecule has 0 aliphatic heterocycles. The molecule has 1 amide bonds. The molecule has 164 valence electrons. The molecule has 0 saturated carbocycles. The van der Waals surface area contributed by atoms with E-state index < -0.39 is 16.0 Å². The van der Waals surface area contributed by atoms with Crippen molar-refractivity contribution in [3.05, 3.63) is 28.3 Å². The first-order chi connectivity index (χ1) is 13.3. The molecule has 8 heteroatoms. The van der Waals surface area contributed by atoms with Crippen molar-refractivity contribution >= 4 is 21.9 Å². The van der Waals surface area contributed by atoms with Crippen molar-refractivity contribution in [3.8, 4) is 0 Å². The first kappa shape index (κ1) is 25.1. The highest BCUT2D eigenvalue weighted by atomic mass is 32.2. The molecule has 1 aromatic rings. The van der Waals surface area contributed by atoms with Crippen molar-refractivity contribution in [2.24, 2.45) is 0 Å². The van der Waals surface area contributed by atoms with E-state index in [-0.39, 0.29) is 42.5 Å². The van der Waals surface area contributed by atoms with Gasteiger partial charge in [-0.1, -0.05) is 6.07 Å². The van der Waals surface area contributed by atoms with Gasteiger partial charge in [0.15, 0.2) is 6.61 Å². The number of hydrogen-bond donors (Lipinski definition) is 1. The summed E-state index contributed by atoms with van der Waals surface area (Å²) >= 11 is 0. The molecular weight excluding hydrogens is 392 g/mol. The van der Waals surface area contributed by atoms with Crippen LogP contribution in [0.1, 0.15) is 56.4 Å². The molecule has 7 nitrogen and oxygen atoms in total. The normalized spacial score (nSPS) is 11.8. The predicted octanol–water partition coefficient (Wildman–Crippen LogP) is 2.78. The number of rotatable bonds is 9. The molecule has 0 radical (unpaired) electrons. The van der Waals surface area contributed by atoms with Crippen LogP contribution < -0.4 is 4.72 Å². The second-order valence-corrected chi connectivity index (χ2v) is 9.59. The van der Waals surface area contributed by atoms with Crippen LogP contribution in [0.2, 0.25) is 0 Å². The quantitative estimate of drug-likeness (QED) is 0.613. The predicted molar refractivity (Wildman–Crippen MR) is 113 cm³/mol. The SMILES string of the molecule is Cc1cc(C)c(C)c(S(=O)(=O)NCCC(=O)OCC(=O)N(C(C)C)C(C)C)c1C. The largest absolute Gasteiger partial charge is 0.456 e. The number of nitrogens with one attached hydrogen (secondary N) is 1. The first-order valence-electron chi connectivity index (χ1n) is 9.83. The molecule has 0 fully saturated rings. The lowest BCUT2D eigenvalue weighted by Crippen LogP contribution is -2.44. The van der Waals surface area contributed by atoms with E-state index in [0.29, 0.717) is 11.1 Å². The van der Waals surface area contributed by atoms with Gasteiger partial charge in [0.2, 0.25) is 10.0 Å². The van der Waals surface area contributed by atoms with Crippen LogP contribution in [0.4, 0.5) is 0 Å². The van der Waals surface area contributed by atoms with Gasteiger partial charge in [0.25, 0.3) is 5.91 Å². The lowest BCUT2D eigenvalue weighted by molar-refractivity contribution is -0.153. The number of carbonyl (C=O) groups is 2. The molecule has 1 N–H and O–H groups in total. The minimum absolute atomic E-state index is 0.00252. The molecule has 0 heterocycles. The van der Waals surface area contributed by atoms with Crippen molar-refractivity contribution < 1.29 is 22.7 Å². The Balaban J connectivity index is 2.68. The fourth-order valence-electron chi connectivity index (χ4n) is 3.40. The summed E-state index contributed by atoms with van der Waals surface area (Å²) < 4.78 is 33.0. The molecule has 1 rings (SSSR count). The van der Waals surface area contributed by atoms with Gasteiger partial charge in [-0.3, -0.25) is 9.59 Å². The van der Waals surface area contributed by atoms with E-state index in [1.807, 2.05) is 47.6 Å². The third-order valence-electron chi connectivity index (χ3n) is 4.94. The van der Waals surface area contributed by atoms with E-state index in [9.17, 15) is 18.0 Å². The second kappa shape index (κ2) is 10.2. The van der Waals surface area contributed by atoms with E-state index in [0.717, 1.165) is 11.1 Å². The Morgan fingerprint density at radius 2 is 1.48 bits per heavy atom. The van der Waals surface area contributed by atoms with E-state index in [1.54, 1.807) is 18.7 Å². The first-order valence-corrected chi connectivity index (χ1v) is 11.3. The molecular formula is C21H34N2O5S. The van der Waals surface area contributed by atoms with Gasteiger partial charge in [0.05, 0.1) is 11.3 Å². The third kappa shape index (κ3) is 6.54. The van der Waals surface area contributed by atoms with Gasteiger partial charge in [-0.2, -0.15) is 0 Å². The van der Waals surface area contributed by atoms with Crippen LogP contribution in [-0.2, 0) is 24.3 Å². The number of carbonyl (C=O) groups excluding carboxylic acids is 2. The average Bonchev–Trinajstić information content (AvgIpc) is 2.57. The summed E-state index contributed by atoms with van der Waals surface area (Å²) in [5.41, 5.74) is 3.17. The van der Waals surface area contributed by atoms with Gasteiger partial charge in [-0.15, -0.1) is 0 Å². The summed E-state index contributed by atoms with van der Waals surface area (Å²) in [5, 5.41) is 0. The number of benzene rings is 1. The Morgan fingerprint density at radius 1 is 1.00 bits per heavy atom. The van der Waals surface area contributed by atoms with Gasteiger partial charge < -0.3 is 9.64 Å². The highest BCUT2D eigenvalue weighted by Crippen LogP contribution is 2.25. The zero-order valence-corrected chi connectivity index (χ0v) is 19.6. The highest BCUT2D eigenvalue weighted by Gasteiger charge is 2.23. The zero-order chi connectivity index (χ0) is 22.5. The number of amides is 1. The molecule has 0 aliphatic rings. The maximum Gasteiger partial charge on any atom is 0.307 e. The summed E-state index contributed by atoms with van der Waals surface area (Å²) in [6, 6.07) is 1.95. The van der Waals surface area contributed by atoms with Gasteiger partial charge in [0, 0.05) is 18.6 Å². The van der Waals surface area contributed by atoms with Crippen LogP contribution in [0.3, 0.4) is 0 Å². The van der Waals surface area contributed by atoms with Crippen LogP contribution in [0.25, 0.3) is 0 Å². The van der Waals surface area contributed by atoms with Gasteiger partial charge in [-0.05, 0) is 77.6 Å². The molecule has 0 aromatic heterocycles. The second-order valence-electron chi connectivity index (χ2n) is 7.89. The lowest BCUT2D eigenvalue weighted by atomic mass is 10.0. The third-order valence-corrected chi connectivity index (χ3v) is 6.68. The number of ether oxygens (including phenoxy) is 1. The molecule has 29 heavy (non-hydrogen) atoms. The van der Waals surface area contributed by atoms with Crippen LogP contribution in [-0.4, -0.2) is 50.4 Å². The smallest absolute Gasteiger partial charge is 0.307 e. The Hall–Kier alpha value is -1.93. The molecule has 0 aliphatic carbocycles. The summed E-state index contributed by atoms with van der Waals surface area (Å²) in [6.45, 7) is 14.4. The molecule has 0 atom stereocenters. The van der Waals surface area contributed by atoms with E-state index in [4.69, 9.17) is 4.74 Å². The summed E-state index contributed by atoms with van der Waals surface area (Å²) in [5.74, 6) is -0.896. The zero-order valence-electron chi connectivity index (χ0n) is 18.8. The molecule has 0 unspecified atom stereocenters. The topological polar surface area (TPSA) is 92.8 Å². The molecule has 1 aromatic carbocycles. The molecule has 0 spiro atoms. The van der Waals surface area contributed by atoms with E-state index >= 15 is 0 Å². The van der Waals surface area contributed by atoms with Gasteiger partial charge in [0.1, 0.15) is 0 Å². The highest BCUT2D eigenvalue weighted by molar-refractivity contribution is 7.89. The Morgan fingerprint density at radius 3 is 1.93 bits per heavy atom. The van der Waals surface area contributed by atoms with Crippen molar-refractivity contribution in [2.45, 2.75) is 78.8 Å². The number of hydrogen-bond acceptors (Lipinski definition) is 5. The average molecular weight is 427 g/mol. The van der Waals surface area contributed by atoms with Gasteiger partial charge in [-0.25, -0.2) is 13.1 Å². The van der Waals surface area contributed by atoms with Crippen molar-refractivity contribution in [1.29, 1.82) is 0 Å². The fourth-order valence-corrected chi connectivity index (χ4v) is 5.05. The van der Waals surface area contributed by atoms with Crippen molar-refractivity contribution in [1.82, 2.24) is 9.62 Å². The van der Waals surface area contributed by atoms with Crippen LogP contribution in [0.5, 0.6) is 0 Å². The monoisotopic (exact) mass is 426 g/mol. The number of sulfonamides is 1. The molecule has 0 saturated heterocycles. The van der Waals surface area contributed by atoms with Crippen LogP contribution >= 0.6 is 0 Å². The van der Waals surface area contributed by atoms with Crippen LogP contribution in [0.15, 0.2) is 11.0 Å². The van der Waals surface area contributed by atoms with Crippen molar-refractivity contribution in [3.63, 3.8) is 0 Å². The fraction of sp³-hybridized carbons (Fsp3) is 0.619. The maximum absolute atomic E-state index is 12.7. The standard InChI is InChI=1S/C21H34N2O5S/c1-13(2)23(14(3)4)19(24)12-28-20(25)9-10-22-29(26,27)21-17(7)15(5)11-16(6)18(21)8/h11,13-14,22H,9-10,12H2,1-8H3. The summed E-state index contributed by atoms with van der Waals surface area (Å²) in [4.78, 5) is 26.1. The minimum Gasteiger partial charge on any atom is -0.456 e. The summed E-state index contributed by atoms with van der Waals surface area (Å²) in [6.07, 6.45) is -0.154. The lowest BCUT2D eigenvalue weighted by Gasteiger charge is -2.30. The van der Waals surface area contributed by atoms with Crippen LogP contribution in [0, 0.1) is 27.7 Å². The molecule has 0 bridgehead atoms. The van der Waals surface area contributed by atoms with Gasteiger partial charge >= 0.3 is 5.97 Å². The van der Waals surface area contributed by atoms with E-state index in [2.05, 4.69) is 4.72 Å².